The van der Waals surface area contributed by atoms with E-state index in [0.717, 1.165) is 0 Å². The third-order valence-corrected chi connectivity index (χ3v) is 11.8. The van der Waals surface area contributed by atoms with Gasteiger partial charge in [-0.15, -0.1) is 0 Å². The van der Waals surface area contributed by atoms with Crippen LogP contribution in [0.15, 0.2) is 0 Å². The minimum Gasteiger partial charge on any atom is -0.296 e. The molecule has 0 aliphatic carbocycles. The fraction of sp³-hybridized carbons (Fsp3) is 1.00. The normalized spacial score (nSPS) is 23.0. The third kappa shape index (κ3) is 2.27. The zero-order chi connectivity index (χ0) is 6.62. The summed E-state index contributed by atoms with van der Waals surface area (Å²) in [4.78, 5) is 0. The molecule has 0 amide bonds. The van der Waals surface area contributed by atoms with Crippen molar-refractivity contribution in [1.29, 1.82) is 0 Å². The molecule has 0 heterocycles. The molecule has 0 fully saturated rings. The van der Waals surface area contributed by atoms with Gasteiger partial charge in [0.25, 0.3) is 0 Å². The van der Waals surface area contributed by atoms with Crippen molar-refractivity contribution in [2.75, 3.05) is 12.0 Å². The van der Waals surface area contributed by atoms with Gasteiger partial charge in [-0.3, -0.25) is 9.33 Å². The van der Waals surface area contributed by atoms with Gasteiger partial charge in [-0.25, -0.2) is 0 Å². The Hall–Kier alpha value is 0.632. The van der Waals surface area contributed by atoms with Crippen LogP contribution in [0.2, 0.25) is 13.4 Å². The molecule has 49 valence electrons. The van der Waals surface area contributed by atoms with Crippen molar-refractivity contribution in [2.45, 2.75) is 20.3 Å². The average Bonchev–Trinajstić information content (AvgIpc) is 1.87. The molecule has 1 atom stereocenters. The maximum Gasteiger partial charge on any atom is 0.160 e. The standard InChI is InChI=1S/C5H16BSSi/c1-5-7(3,6-2)8-4/h5,8H2,1-4H3. The highest BCUT2D eigenvalue weighted by Gasteiger charge is 2.09. The first-order chi connectivity index (χ1) is 3.68. The maximum atomic E-state index is 2.44. The van der Waals surface area contributed by atoms with E-state index in [0.29, 0.717) is 0 Å². The Morgan fingerprint density at radius 2 is 2.12 bits per heavy atom. The van der Waals surface area contributed by atoms with Gasteiger partial charge in [-0.1, -0.05) is 20.3 Å². The number of hydrogen-bond acceptors (Lipinski definition) is 0. The van der Waals surface area contributed by atoms with Crippen molar-refractivity contribution in [3.05, 3.63) is 0 Å². The Morgan fingerprint density at radius 1 is 1.62 bits per heavy atom. The highest BCUT2D eigenvalue weighted by molar-refractivity contribution is 8.66. The van der Waals surface area contributed by atoms with Crippen LogP contribution >= 0.6 is 9.33 Å². The summed E-state index contributed by atoms with van der Waals surface area (Å²) in [7, 11) is 0.120. The largest absolute Gasteiger partial charge is 0.296 e. The molecule has 0 nitrogen and oxygen atoms in total. The predicted octanol–water partition coefficient (Wildman–Crippen LogP) is 1.24. The van der Waals surface area contributed by atoms with Crippen molar-refractivity contribution in [3.8, 4) is 0 Å². The molecule has 0 aromatic rings. The van der Waals surface area contributed by atoms with Gasteiger partial charge in [-0.05, 0) is 12.0 Å². The van der Waals surface area contributed by atoms with Gasteiger partial charge in [0, 0.05) is 0 Å². The topological polar surface area (TPSA) is 0 Å². The predicted molar refractivity (Wildman–Crippen MR) is 50.1 cm³/mol. The molecule has 1 radical (unpaired) electrons. The van der Waals surface area contributed by atoms with E-state index in [4.69, 9.17) is 0 Å². The second-order valence-corrected chi connectivity index (χ2v) is 12.2. The molecule has 0 aromatic heterocycles. The zero-order valence-corrected chi connectivity index (χ0v) is 8.63. The van der Waals surface area contributed by atoms with E-state index in [9.17, 15) is 0 Å². The molecule has 0 N–H and O–H groups in total. The summed E-state index contributed by atoms with van der Waals surface area (Å²) in [5.41, 5.74) is 0. The van der Waals surface area contributed by atoms with Gasteiger partial charge in [0.2, 0.25) is 0 Å². The molecular formula is C5H16BSSi. The van der Waals surface area contributed by atoms with Crippen molar-refractivity contribution in [3.63, 3.8) is 0 Å². The van der Waals surface area contributed by atoms with Gasteiger partial charge >= 0.3 is 0 Å². The molecule has 0 aliphatic heterocycles. The van der Waals surface area contributed by atoms with Crippen LogP contribution in [0.3, 0.4) is 0 Å². The van der Waals surface area contributed by atoms with Gasteiger partial charge < -0.3 is 0 Å². The first-order valence-corrected chi connectivity index (χ1v) is 8.80. The van der Waals surface area contributed by atoms with E-state index in [-0.39, 0.29) is 18.0 Å². The van der Waals surface area contributed by atoms with Crippen molar-refractivity contribution >= 4 is 24.6 Å². The van der Waals surface area contributed by atoms with E-state index in [1.165, 1.54) is 5.75 Å². The molecule has 0 saturated heterocycles. The van der Waals surface area contributed by atoms with Crippen LogP contribution in [0.1, 0.15) is 6.92 Å². The molecule has 3 heteroatoms. The van der Waals surface area contributed by atoms with Gasteiger partial charge in [0.05, 0.1) is 8.67 Å². The van der Waals surface area contributed by atoms with Gasteiger partial charge in [0.15, 0.2) is 6.56 Å². The fourth-order valence-corrected chi connectivity index (χ4v) is 3.84. The lowest BCUT2D eigenvalue weighted by molar-refractivity contribution is 1.52. The number of rotatable bonds is 3. The second-order valence-electron chi connectivity index (χ2n) is 2.16. The molecule has 0 bridgehead atoms. The summed E-state index contributed by atoms with van der Waals surface area (Å²) < 4.78 is 0. The summed E-state index contributed by atoms with van der Waals surface area (Å²) >= 11 is 0. The maximum absolute atomic E-state index is 2.44. The zero-order valence-electron chi connectivity index (χ0n) is 6.40. The summed E-state index contributed by atoms with van der Waals surface area (Å²) in [6.45, 7) is 9.39. The Balaban J connectivity index is 3.58. The van der Waals surface area contributed by atoms with Crippen LogP contribution in [0.4, 0.5) is 0 Å². The van der Waals surface area contributed by atoms with Crippen LogP contribution in [-0.4, -0.2) is 27.2 Å². The average molecular weight is 147 g/mol. The first-order valence-electron chi connectivity index (χ1n) is 3.21. The number of hydrogen-bond donors (Lipinski definition) is 0. The molecule has 0 saturated carbocycles. The Bertz CT molecular complexity index is 55.2. The summed E-state index contributed by atoms with van der Waals surface area (Å²) in [5, 5.41) is 0. The van der Waals surface area contributed by atoms with E-state index in [1.54, 1.807) is 0 Å². The SMILES string of the molecule is C[B]S(C)(CC)[SiH2]C. The van der Waals surface area contributed by atoms with Crippen molar-refractivity contribution in [1.82, 2.24) is 0 Å². The summed E-state index contributed by atoms with van der Waals surface area (Å²) in [6.07, 6.45) is 2.44. The molecular weight excluding hydrogens is 131 g/mol. The molecule has 8 heavy (non-hydrogen) atoms. The van der Waals surface area contributed by atoms with E-state index >= 15 is 0 Å². The first kappa shape index (κ1) is 8.63. The minimum absolute atomic E-state index is 0.139. The monoisotopic (exact) mass is 147 g/mol. The molecule has 1 unspecified atom stereocenters. The van der Waals surface area contributed by atoms with Crippen LogP contribution in [0.5, 0.6) is 0 Å². The molecule has 0 spiro atoms. The van der Waals surface area contributed by atoms with Crippen LogP contribution in [-0.2, 0) is 0 Å². The molecule has 0 rings (SSSR count). The third-order valence-electron chi connectivity index (χ3n) is 1.89. The highest BCUT2D eigenvalue weighted by Crippen LogP contribution is 2.38. The lowest BCUT2D eigenvalue weighted by Gasteiger charge is -2.31. The minimum atomic E-state index is -0.139. The van der Waals surface area contributed by atoms with Crippen molar-refractivity contribution < 1.29 is 0 Å². The quantitative estimate of drug-likeness (QED) is 0.527. The van der Waals surface area contributed by atoms with Crippen molar-refractivity contribution in [2.24, 2.45) is 0 Å². The molecule has 0 aromatic carbocycles. The summed E-state index contributed by atoms with van der Waals surface area (Å²) in [5.74, 6) is 1.41. The van der Waals surface area contributed by atoms with Crippen LogP contribution < -0.4 is 0 Å². The Kier molecular flexibility index (Phi) is 3.90. The van der Waals surface area contributed by atoms with Crippen LogP contribution in [0.25, 0.3) is 0 Å². The Labute approximate surface area is 57.4 Å². The highest BCUT2D eigenvalue weighted by atomic mass is 32.4. The Morgan fingerprint density at radius 3 is 2.12 bits per heavy atom. The molecule has 0 aliphatic rings. The van der Waals surface area contributed by atoms with E-state index < -0.39 is 0 Å². The van der Waals surface area contributed by atoms with Gasteiger partial charge in [-0.2, -0.15) is 0 Å². The summed E-state index contributed by atoms with van der Waals surface area (Å²) in [6, 6.07) is 0. The fourth-order valence-electron chi connectivity index (χ4n) is 0.537. The van der Waals surface area contributed by atoms with E-state index in [1.807, 2.05) is 0 Å². The lowest BCUT2D eigenvalue weighted by atomic mass is 10.2. The van der Waals surface area contributed by atoms with E-state index in [2.05, 4.69) is 33.1 Å². The lowest BCUT2D eigenvalue weighted by Crippen LogP contribution is -2.11. The second kappa shape index (κ2) is 3.62. The van der Waals surface area contributed by atoms with Gasteiger partial charge in [0.1, 0.15) is 0 Å². The van der Waals surface area contributed by atoms with Crippen LogP contribution in [0, 0.1) is 0 Å². The smallest absolute Gasteiger partial charge is 0.160 e.